The van der Waals surface area contributed by atoms with Gasteiger partial charge in [0.25, 0.3) is 0 Å². The van der Waals surface area contributed by atoms with E-state index in [1.165, 1.54) is 16.8 Å². The van der Waals surface area contributed by atoms with Gasteiger partial charge in [-0.15, -0.1) is 11.3 Å². The van der Waals surface area contributed by atoms with Crippen LogP contribution in [-0.4, -0.2) is 17.4 Å². The third-order valence-corrected chi connectivity index (χ3v) is 6.58. The Bertz CT molecular complexity index is 896. The molecule has 1 fully saturated rings. The summed E-state index contributed by atoms with van der Waals surface area (Å²) in [6.45, 7) is 0.637. The molecule has 0 radical (unpaired) electrons. The first-order valence-corrected chi connectivity index (χ1v) is 10.4. The minimum atomic E-state index is -0.496. The molecule has 0 saturated heterocycles. The van der Waals surface area contributed by atoms with Gasteiger partial charge in [0.15, 0.2) is 0 Å². The molecule has 1 amide bonds. The first-order valence-electron chi connectivity index (χ1n) is 9.56. The molecule has 3 aromatic rings. The van der Waals surface area contributed by atoms with Crippen LogP contribution in [0.4, 0.5) is 4.39 Å². The summed E-state index contributed by atoms with van der Waals surface area (Å²) in [4.78, 5) is 17.6. The number of hydrogen-bond donors (Lipinski definition) is 1. The maximum absolute atomic E-state index is 13.3. The quantitative estimate of drug-likeness (QED) is 0.610. The number of carbonyl (C=O) groups is 1. The number of aromatic nitrogens is 1. The molecule has 1 N–H and O–H groups in total. The van der Waals surface area contributed by atoms with Crippen LogP contribution in [0.15, 0.2) is 48.5 Å². The molecule has 140 valence electrons. The minimum Gasteiger partial charge on any atom is -0.355 e. The summed E-state index contributed by atoms with van der Waals surface area (Å²) >= 11 is 1.72. The number of hydrogen-bond acceptors (Lipinski definition) is 3. The third-order valence-electron chi connectivity index (χ3n) is 5.48. The van der Waals surface area contributed by atoms with Crippen LogP contribution in [0.5, 0.6) is 0 Å². The Morgan fingerprint density at radius 2 is 1.85 bits per heavy atom. The fourth-order valence-corrected chi connectivity index (χ4v) is 5.04. The number of carbonyl (C=O) groups excluding carboxylic acids is 1. The summed E-state index contributed by atoms with van der Waals surface area (Å²) in [6.07, 6.45) is 5.48. The monoisotopic (exact) mass is 382 g/mol. The van der Waals surface area contributed by atoms with E-state index >= 15 is 0 Å². The number of fused-ring (bicyclic) bond motifs is 1. The molecule has 0 unspecified atom stereocenters. The van der Waals surface area contributed by atoms with E-state index in [9.17, 15) is 9.18 Å². The number of benzene rings is 2. The fraction of sp³-hybridized carbons (Fsp3) is 0.364. The summed E-state index contributed by atoms with van der Waals surface area (Å²) in [6, 6.07) is 14.6. The average molecular weight is 383 g/mol. The molecule has 0 atom stereocenters. The van der Waals surface area contributed by atoms with Crippen LogP contribution in [-0.2, 0) is 16.6 Å². The summed E-state index contributed by atoms with van der Waals surface area (Å²) in [7, 11) is 0. The van der Waals surface area contributed by atoms with Crippen molar-refractivity contribution in [3.8, 4) is 0 Å². The third kappa shape index (κ3) is 3.74. The Hall–Kier alpha value is -2.27. The normalized spacial score (nSPS) is 15.9. The summed E-state index contributed by atoms with van der Waals surface area (Å²) < 4.78 is 14.5. The lowest BCUT2D eigenvalue weighted by Gasteiger charge is -2.28. The standard InChI is InChI=1S/C22H23FN2OS/c23-17-11-9-16(10-12-17)22(13-3-4-14-22)21(26)24-15-5-8-20-25-18-6-1-2-7-19(18)27-20/h1-2,6-7,9-12H,3-5,8,13-15H2,(H,24,26). The van der Waals surface area contributed by atoms with Crippen LogP contribution >= 0.6 is 11.3 Å². The zero-order valence-electron chi connectivity index (χ0n) is 15.2. The van der Waals surface area contributed by atoms with Gasteiger partial charge >= 0.3 is 0 Å². The number of nitrogens with one attached hydrogen (secondary N) is 1. The highest BCUT2D eigenvalue weighted by Crippen LogP contribution is 2.41. The van der Waals surface area contributed by atoms with Gasteiger partial charge in [-0.2, -0.15) is 0 Å². The number of nitrogens with zero attached hydrogens (tertiary/aromatic N) is 1. The van der Waals surface area contributed by atoms with Gasteiger partial charge in [0, 0.05) is 13.0 Å². The number of halogens is 1. The lowest BCUT2D eigenvalue weighted by atomic mass is 9.78. The van der Waals surface area contributed by atoms with Gasteiger partial charge in [-0.05, 0) is 49.1 Å². The van der Waals surface area contributed by atoms with Crippen LogP contribution in [0.2, 0.25) is 0 Å². The molecule has 0 bridgehead atoms. The lowest BCUT2D eigenvalue weighted by Crippen LogP contribution is -2.43. The maximum Gasteiger partial charge on any atom is 0.230 e. The van der Waals surface area contributed by atoms with E-state index in [0.717, 1.165) is 54.6 Å². The lowest BCUT2D eigenvalue weighted by molar-refractivity contribution is -0.126. The van der Waals surface area contributed by atoms with Gasteiger partial charge in [-0.1, -0.05) is 37.1 Å². The molecule has 1 heterocycles. The second kappa shape index (κ2) is 7.77. The molecule has 0 spiro atoms. The van der Waals surface area contributed by atoms with Gasteiger partial charge in [0.05, 0.1) is 20.6 Å². The smallest absolute Gasteiger partial charge is 0.230 e. The number of amides is 1. The van der Waals surface area contributed by atoms with Crippen molar-refractivity contribution in [3.63, 3.8) is 0 Å². The van der Waals surface area contributed by atoms with E-state index in [1.54, 1.807) is 23.5 Å². The first kappa shape index (κ1) is 18.1. The van der Waals surface area contributed by atoms with Crippen LogP contribution in [0.1, 0.15) is 42.7 Å². The Labute approximate surface area is 162 Å². The molecule has 3 nitrogen and oxygen atoms in total. The SMILES string of the molecule is O=C(NCCCc1nc2ccccc2s1)C1(c2ccc(F)cc2)CCCC1. The predicted octanol–water partition coefficient (Wildman–Crippen LogP) is 5.00. The summed E-state index contributed by atoms with van der Waals surface area (Å²) in [5, 5.41) is 4.24. The van der Waals surface area contributed by atoms with Crippen molar-refractivity contribution >= 4 is 27.5 Å². The Morgan fingerprint density at radius 3 is 2.59 bits per heavy atom. The average Bonchev–Trinajstić information content (AvgIpc) is 3.33. The molecular formula is C22H23FN2OS. The maximum atomic E-state index is 13.3. The number of para-hydroxylation sites is 1. The molecule has 1 aliphatic rings. The fourth-order valence-electron chi connectivity index (χ4n) is 4.03. The van der Waals surface area contributed by atoms with Gasteiger partial charge in [-0.3, -0.25) is 4.79 Å². The van der Waals surface area contributed by atoms with Crippen molar-refractivity contribution in [3.05, 3.63) is 64.9 Å². The van der Waals surface area contributed by atoms with E-state index in [-0.39, 0.29) is 11.7 Å². The molecule has 5 heteroatoms. The largest absolute Gasteiger partial charge is 0.355 e. The van der Waals surface area contributed by atoms with Crippen molar-refractivity contribution in [1.29, 1.82) is 0 Å². The summed E-state index contributed by atoms with van der Waals surface area (Å²) in [5.74, 6) is -0.181. The molecule has 1 aliphatic carbocycles. The second-order valence-electron chi connectivity index (χ2n) is 7.23. The highest BCUT2D eigenvalue weighted by molar-refractivity contribution is 7.18. The number of thiazole rings is 1. The highest BCUT2D eigenvalue weighted by Gasteiger charge is 2.42. The van der Waals surface area contributed by atoms with Crippen molar-refractivity contribution in [2.45, 2.75) is 43.9 Å². The predicted molar refractivity (Wildman–Crippen MR) is 107 cm³/mol. The molecular weight excluding hydrogens is 359 g/mol. The van der Waals surface area contributed by atoms with Gasteiger partial charge in [-0.25, -0.2) is 9.37 Å². The Morgan fingerprint density at radius 1 is 1.11 bits per heavy atom. The molecule has 1 saturated carbocycles. The van der Waals surface area contributed by atoms with Gasteiger partial charge in [0.2, 0.25) is 5.91 Å². The molecule has 27 heavy (non-hydrogen) atoms. The van der Waals surface area contributed by atoms with Crippen LogP contribution in [0.3, 0.4) is 0 Å². The van der Waals surface area contributed by atoms with Crippen LogP contribution in [0.25, 0.3) is 10.2 Å². The van der Waals surface area contributed by atoms with Crippen molar-refractivity contribution in [2.75, 3.05) is 6.54 Å². The minimum absolute atomic E-state index is 0.0795. The van der Waals surface area contributed by atoms with Gasteiger partial charge in [0.1, 0.15) is 5.82 Å². The molecule has 4 rings (SSSR count). The summed E-state index contributed by atoms with van der Waals surface area (Å²) in [5.41, 5.74) is 1.48. The van der Waals surface area contributed by atoms with E-state index < -0.39 is 5.41 Å². The Balaban J connectivity index is 1.36. The molecule has 0 aliphatic heterocycles. The van der Waals surface area contributed by atoms with Crippen LogP contribution < -0.4 is 5.32 Å². The van der Waals surface area contributed by atoms with E-state index in [4.69, 9.17) is 0 Å². The van der Waals surface area contributed by atoms with E-state index in [2.05, 4.69) is 16.4 Å². The zero-order chi connectivity index (χ0) is 18.7. The zero-order valence-corrected chi connectivity index (χ0v) is 16.0. The highest BCUT2D eigenvalue weighted by atomic mass is 32.1. The van der Waals surface area contributed by atoms with E-state index in [1.807, 2.05) is 18.2 Å². The number of aryl methyl sites for hydroxylation is 1. The molecule has 1 aromatic heterocycles. The Kier molecular flexibility index (Phi) is 5.21. The van der Waals surface area contributed by atoms with Crippen LogP contribution in [0, 0.1) is 5.82 Å². The van der Waals surface area contributed by atoms with Crippen molar-refractivity contribution in [1.82, 2.24) is 10.3 Å². The van der Waals surface area contributed by atoms with Crippen molar-refractivity contribution in [2.24, 2.45) is 0 Å². The van der Waals surface area contributed by atoms with E-state index in [0.29, 0.717) is 6.54 Å². The number of rotatable bonds is 6. The van der Waals surface area contributed by atoms with Crippen molar-refractivity contribution < 1.29 is 9.18 Å². The first-order chi connectivity index (χ1) is 13.2. The topological polar surface area (TPSA) is 42.0 Å². The second-order valence-corrected chi connectivity index (χ2v) is 8.35. The molecule has 2 aromatic carbocycles. The van der Waals surface area contributed by atoms with Gasteiger partial charge < -0.3 is 5.32 Å².